The Morgan fingerprint density at radius 1 is 1.16 bits per heavy atom. The molecular weight excluding hydrogens is 411 g/mol. The van der Waals surface area contributed by atoms with Crippen LogP contribution in [-0.2, 0) is 23.8 Å². The lowest BCUT2D eigenvalue weighted by molar-refractivity contribution is -0.138. The largest absolute Gasteiger partial charge is 0.493 e. The summed E-state index contributed by atoms with van der Waals surface area (Å²) in [4.78, 5) is 15.3. The molecule has 0 saturated heterocycles. The molecule has 0 fully saturated rings. The van der Waals surface area contributed by atoms with Crippen LogP contribution in [0, 0.1) is 0 Å². The molecule has 0 amide bonds. The Labute approximate surface area is 177 Å². The monoisotopic (exact) mass is 433 g/mol. The van der Waals surface area contributed by atoms with Gasteiger partial charge in [0.05, 0.1) is 24.3 Å². The summed E-state index contributed by atoms with van der Waals surface area (Å²) >= 11 is 0. The second-order valence-corrected chi connectivity index (χ2v) is 7.38. The van der Waals surface area contributed by atoms with Gasteiger partial charge in [0.25, 0.3) is 0 Å². The van der Waals surface area contributed by atoms with E-state index in [0.29, 0.717) is 34.8 Å². The van der Waals surface area contributed by atoms with Crippen LogP contribution >= 0.6 is 0 Å². The fourth-order valence-corrected chi connectivity index (χ4v) is 3.10. The number of aromatic nitrogens is 1. The molecule has 5 nitrogen and oxygen atoms in total. The maximum absolute atomic E-state index is 12.8. The SMILES string of the molecule is CC(C)c1oc(-c2ccc(C(F)(F)F)cc2)nc1CCOc1cccc(CC(=O)O)c1. The smallest absolute Gasteiger partial charge is 0.416 e. The summed E-state index contributed by atoms with van der Waals surface area (Å²) < 4.78 is 49.9. The first-order valence-electron chi connectivity index (χ1n) is 9.74. The Bertz CT molecular complexity index is 1040. The predicted molar refractivity (Wildman–Crippen MR) is 108 cm³/mol. The van der Waals surface area contributed by atoms with Crippen LogP contribution in [0.25, 0.3) is 11.5 Å². The average molecular weight is 433 g/mol. The lowest BCUT2D eigenvalue weighted by Gasteiger charge is -2.08. The van der Waals surface area contributed by atoms with Gasteiger partial charge in [-0.15, -0.1) is 0 Å². The van der Waals surface area contributed by atoms with Gasteiger partial charge in [0.2, 0.25) is 5.89 Å². The number of hydrogen-bond donors (Lipinski definition) is 1. The van der Waals surface area contributed by atoms with Gasteiger partial charge in [0.1, 0.15) is 11.5 Å². The Balaban J connectivity index is 1.72. The van der Waals surface area contributed by atoms with E-state index in [2.05, 4.69) is 4.98 Å². The normalized spacial score (nSPS) is 11.7. The summed E-state index contributed by atoms with van der Waals surface area (Å²) in [7, 11) is 0. The summed E-state index contributed by atoms with van der Waals surface area (Å²) in [5.74, 6) is 0.576. The zero-order valence-corrected chi connectivity index (χ0v) is 17.1. The van der Waals surface area contributed by atoms with E-state index in [1.54, 1.807) is 24.3 Å². The van der Waals surface area contributed by atoms with Crippen molar-refractivity contribution in [3.8, 4) is 17.2 Å². The number of hydrogen-bond acceptors (Lipinski definition) is 4. The van der Waals surface area contributed by atoms with Gasteiger partial charge in [-0.2, -0.15) is 13.2 Å². The topological polar surface area (TPSA) is 72.6 Å². The number of carboxylic acid groups (broad SMARTS) is 1. The zero-order valence-electron chi connectivity index (χ0n) is 17.1. The highest BCUT2D eigenvalue weighted by molar-refractivity contribution is 5.70. The molecule has 0 spiro atoms. The van der Waals surface area contributed by atoms with E-state index in [4.69, 9.17) is 14.3 Å². The average Bonchev–Trinajstić information content (AvgIpc) is 3.12. The molecule has 0 bridgehead atoms. The van der Waals surface area contributed by atoms with E-state index in [-0.39, 0.29) is 24.8 Å². The van der Waals surface area contributed by atoms with Crippen LogP contribution in [0.15, 0.2) is 52.9 Å². The first-order valence-corrected chi connectivity index (χ1v) is 9.74. The standard InChI is InChI=1S/C23H22F3NO4/c1-14(2)21-19(10-11-30-18-5-3-4-15(12-18)13-20(28)29)27-22(31-21)16-6-8-17(9-7-16)23(24,25)26/h3-9,12,14H,10-11,13H2,1-2H3,(H,28,29). The molecule has 0 atom stereocenters. The van der Waals surface area contributed by atoms with Crippen LogP contribution in [0.4, 0.5) is 13.2 Å². The number of halogens is 3. The van der Waals surface area contributed by atoms with E-state index in [1.165, 1.54) is 12.1 Å². The number of alkyl halides is 3. The molecule has 0 aliphatic rings. The van der Waals surface area contributed by atoms with Gasteiger partial charge in [0, 0.05) is 17.9 Å². The molecule has 8 heteroatoms. The first-order chi connectivity index (χ1) is 14.6. The fourth-order valence-electron chi connectivity index (χ4n) is 3.10. The molecule has 0 unspecified atom stereocenters. The van der Waals surface area contributed by atoms with E-state index in [1.807, 2.05) is 13.8 Å². The molecule has 164 valence electrons. The quantitative estimate of drug-likeness (QED) is 0.491. The predicted octanol–water partition coefficient (Wildman–Crippen LogP) is 5.73. The number of benzene rings is 2. The van der Waals surface area contributed by atoms with Crippen molar-refractivity contribution < 1.29 is 32.2 Å². The van der Waals surface area contributed by atoms with Crippen LogP contribution in [-0.4, -0.2) is 22.7 Å². The molecular formula is C23H22F3NO4. The molecule has 1 heterocycles. The minimum absolute atomic E-state index is 0.0320. The van der Waals surface area contributed by atoms with Crippen molar-refractivity contribution in [2.75, 3.05) is 6.61 Å². The lowest BCUT2D eigenvalue weighted by Crippen LogP contribution is -2.05. The number of carboxylic acids is 1. The Morgan fingerprint density at radius 3 is 2.48 bits per heavy atom. The van der Waals surface area contributed by atoms with Crippen LogP contribution in [0.5, 0.6) is 5.75 Å². The van der Waals surface area contributed by atoms with Crippen molar-refractivity contribution >= 4 is 5.97 Å². The second kappa shape index (κ2) is 9.24. The van der Waals surface area contributed by atoms with Crippen LogP contribution < -0.4 is 4.74 Å². The molecule has 0 radical (unpaired) electrons. The van der Waals surface area contributed by atoms with Gasteiger partial charge in [-0.1, -0.05) is 26.0 Å². The first kappa shape index (κ1) is 22.4. The number of ether oxygens (including phenoxy) is 1. The zero-order chi connectivity index (χ0) is 22.6. The van der Waals surface area contributed by atoms with Crippen molar-refractivity contribution in [2.24, 2.45) is 0 Å². The molecule has 3 rings (SSSR count). The van der Waals surface area contributed by atoms with Crippen molar-refractivity contribution in [2.45, 2.75) is 38.8 Å². The summed E-state index contributed by atoms with van der Waals surface area (Å²) in [6.07, 6.45) is -4.06. The molecule has 0 aliphatic carbocycles. The third kappa shape index (κ3) is 5.87. The van der Waals surface area contributed by atoms with Crippen LogP contribution in [0.2, 0.25) is 0 Å². The Morgan fingerprint density at radius 2 is 1.87 bits per heavy atom. The van der Waals surface area contributed by atoms with Crippen LogP contribution in [0.1, 0.15) is 42.3 Å². The molecule has 1 aromatic heterocycles. The van der Waals surface area contributed by atoms with E-state index in [9.17, 15) is 18.0 Å². The highest BCUT2D eigenvalue weighted by atomic mass is 19.4. The second-order valence-electron chi connectivity index (χ2n) is 7.38. The molecule has 0 aliphatic heterocycles. The highest BCUT2D eigenvalue weighted by Gasteiger charge is 2.30. The minimum Gasteiger partial charge on any atom is -0.493 e. The number of nitrogens with zero attached hydrogens (tertiary/aromatic N) is 1. The maximum Gasteiger partial charge on any atom is 0.416 e. The molecule has 0 saturated carbocycles. The highest BCUT2D eigenvalue weighted by Crippen LogP contribution is 2.32. The molecule has 3 aromatic rings. The van der Waals surface area contributed by atoms with Gasteiger partial charge < -0.3 is 14.3 Å². The number of aliphatic carboxylic acids is 1. The molecule has 1 N–H and O–H groups in total. The Kier molecular flexibility index (Phi) is 6.68. The summed E-state index contributed by atoms with van der Waals surface area (Å²) in [5.41, 5.74) is 1.04. The van der Waals surface area contributed by atoms with Gasteiger partial charge >= 0.3 is 12.1 Å². The van der Waals surface area contributed by atoms with Gasteiger partial charge in [-0.3, -0.25) is 4.79 Å². The van der Waals surface area contributed by atoms with Gasteiger partial charge in [-0.25, -0.2) is 4.98 Å². The maximum atomic E-state index is 12.8. The van der Waals surface area contributed by atoms with Crippen LogP contribution in [0.3, 0.4) is 0 Å². The minimum atomic E-state index is -4.40. The summed E-state index contributed by atoms with van der Waals surface area (Å²) in [6.45, 7) is 4.17. The number of rotatable bonds is 8. The fraction of sp³-hybridized carbons (Fsp3) is 0.304. The number of oxazole rings is 1. The van der Waals surface area contributed by atoms with Gasteiger partial charge in [0.15, 0.2) is 0 Å². The Hall–Kier alpha value is -3.29. The van der Waals surface area contributed by atoms with Crippen molar-refractivity contribution in [1.29, 1.82) is 0 Å². The third-order valence-electron chi connectivity index (χ3n) is 4.57. The summed E-state index contributed by atoms with van der Waals surface area (Å²) in [6, 6.07) is 11.5. The molecule has 31 heavy (non-hydrogen) atoms. The summed E-state index contributed by atoms with van der Waals surface area (Å²) in [5, 5.41) is 8.90. The van der Waals surface area contributed by atoms with Crippen molar-refractivity contribution in [3.63, 3.8) is 0 Å². The van der Waals surface area contributed by atoms with Crippen molar-refractivity contribution in [1.82, 2.24) is 4.98 Å². The van der Waals surface area contributed by atoms with E-state index in [0.717, 1.165) is 12.1 Å². The number of carbonyl (C=O) groups is 1. The van der Waals surface area contributed by atoms with Crippen molar-refractivity contribution in [3.05, 3.63) is 71.1 Å². The third-order valence-corrected chi connectivity index (χ3v) is 4.57. The molecule has 2 aromatic carbocycles. The van der Waals surface area contributed by atoms with Gasteiger partial charge in [-0.05, 0) is 42.0 Å². The lowest BCUT2D eigenvalue weighted by atomic mass is 10.1. The van der Waals surface area contributed by atoms with E-state index >= 15 is 0 Å². The van der Waals surface area contributed by atoms with E-state index < -0.39 is 17.7 Å².